The van der Waals surface area contributed by atoms with E-state index < -0.39 is 0 Å². The molecule has 0 saturated heterocycles. The summed E-state index contributed by atoms with van der Waals surface area (Å²) in [4.78, 5) is 0. The first-order valence-electron chi connectivity index (χ1n) is 11.4. The summed E-state index contributed by atoms with van der Waals surface area (Å²) < 4.78 is 0. The molecule has 0 amide bonds. The highest BCUT2D eigenvalue weighted by Crippen LogP contribution is 2.43. The molecule has 0 fully saturated rings. The lowest BCUT2D eigenvalue weighted by atomic mass is 9.64. The largest absolute Gasteiger partial charge is 0.329 e. The molecule has 32 heavy (non-hydrogen) atoms. The third-order valence-corrected chi connectivity index (χ3v) is 6.98. The van der Waals surface area contributed by atoms with Crippen LogP contribution in [0.5, 0.6) is 0 Å². The minimum absolute atomic E-state index is 0.285. The molecular formula is C30H32N2. The standard InChI is InChI=1S/C30H32N2/c31-23-29(25-13-5-1-6-14-25,26-15-7-2-8-16-26)21-22-30(24-32,27-17-9-3-10-18-27)28-19-11-4-12-20-28/h1-20H,21-24,31-32H2. The highest BCUT2D eigenvalue weighted by Gasteiger charge is 2.39. The molecule has 0 heterocycles. The lowest BCUT2D eigenvalue weighted by Gasteiger charge is -2.40. The number of benzene rings is 4. The van der Waals surface area contributed by atoms with Crippen molar-refractivity contribution in [3.63, 3.8) is 0 Å². The summed E-state index contributed by atoms with van der Waals surface area (Å²) in [7, 11) is 0. The van der Waals surface area contributed by atoms with Crippen LogP contribution in [0.2, 0.25) is 0 Å². The van der Waals surface area contributed by atoms with Gasteiger partial charge in [0.1, 0.15) is 0 Å². The molecule has 0 bridgehead atoms. The van der Waals surface area contributed by atoms with Gasteiger partial charge >= 0.3 is 0 Å². The van der Waals surface area contributed by atoms with Crippen molar-refractivity contribution in [3.8, 4) is 0 Å². The van der Waals surface area contributed by atoms with E-state index in [2.05, 4.69) is 121 Å². The van der Waals surface area contributed by atoms with Crippen molar-refractivity contribution in [3.05, 3.63) is 144 Å². The van der Waals surface area contributed by atoms with Gasteiger partial charge in [-0.2, -0.15) is 0 Å². The van der Waals surface area contributed by atoms with Gasteiger partial charge in [-0.25, -0.2) is 0 Å². The second kappa shape index (κ2) is 9.95. The van der Waals surface area contributed by atoms with E-state index in [0.29, 0.717) is 13.1 Å². The van der Waals surface area contributed by atoms with E-state index >= 15 is 0 Å². The van der Waals surface area contributed by atoms with Crippen LogP contribution in [0.1, 0.15) is 35.1 Å². The van der Waals surface area contributed by atoms with Gasteiger partial charge in [0.05, 0.1) is 0 Å². The molecular weight excluding hydrogens is 388 g/mol. The normalized spacial score (nSPS) is 11.9. The topological polar surface area (TPSA) is 52.0 Å². The lowest BCUT2D eigenvalue weighted by molar-refractivity contribution is 0.383. The van der Waals surface area contributed by atoms with Crippen molar-refractivity contribution < 1.29 is 0 Å². The molecule has 0 saturated carbocycles. The summed E-state index contributed by atoms with van der Waals surface area (Å²) in [6.07, 6.45) is 1.77. The van der Waals surface area contributed by atoms with Crippen LogP contribution in [0.25, 0.3) is 0 Å². The van der Waals surface area contributed by atoms with E-state index in [9.17, 15) is 0 Å². The maximum atomic E-state index is 6.59. The molecule has 4 rings (SSSR count). The molecule has 4 aromatic rings. The van der Waals surface area contributed by atoms with Gasteiger partial charge < -0.3 is 11.5 Å². The van der Waals surface area contributed by atoms with E-state index in [1.54, 1.807) is 0 Å². The van der Waals surface area contributed by atoms with Crippen LogP contribution < -0.4 is 11.5 Å². The van der Waals surface area contributed by atoms with Crippen LogP contribution in [0.3, 0.4) is 0 Å². The van der Waals surface area contributed by atoms with Crippen molar-refractivity contribution in [2.75, 3.05) is 13.1 Å². The predicted octanol–water partition coefficient (Wildman–Crippen LogP) is 5.66. The Kier molecular flexibility index (Phi) is 6.84. The number of nitrogens with two attached hydrogens (primary N) is 2. The summed E-state index contributed by atoms with van der Waals surface area (Å²) in [5, 5.41) is 0. The minimum atomic E-state index is -0.285. The Bertz CT molecular complexity index is 907. The van der Waals surface area contributed by atoms with Gasteiger partial charge in [-0.3, -0.25) is 0 Å². The van der Waals surface area contributed by atoms with Crippen LogP contribution in [0.15, 0.2) is 121 Å². The molecule has 2 nitrogen and oxygen atoms in total. The van der Waals surface area contributed by atoms with E-state index in [1.807, 2.05) is 0 Å². The van der Waals surface area contributed by atoms with Crippen LogP contribution in [0, 0.1) is 0 Å². The average Bonchev–Trinajstić information content (AvgIpc) is 2.89. The Hall–Kier alpha value is -3.20. The molecule has 4 aromatic carbocycles. The number of hydrogen-bond acceptors (Lipinski definition) is 2. The number of hydrogen-bond donors (Lipinski definition) is 2. The van der Waals surface area contributed by atoms with Crippen molar-refractivity contribution in [2.45, 2.75) is 23.7 Å². The first kappa shape index (κ1) is 22.0. The fourth-order valence-corrected chi connectivity index (χ4v) is 5.04. The Morgan fingerprint density at radius 2 is 0.594 bits per heavy atom. The van der Waals surface area contributed by atoms with Gasteiger partial charge in [0.25, 0.3) is 0 Å². The first-order valence-corrected chi connectivity index (χ1v) is 11.4. The summed E-state index contributed by atoms with van der Waals surface area (Å²) >= 11 is 0. The maximum Gasteiger partial charge on any atom is 0.0325 e. The fourth-order valence-electron chi connectivity index (χ4n) is 5.04. The Balaban J connectivity index is 1.83. The smallest absolute Gasteiger partial charge is 0.0325 e. The molecule has 0 spiro atoms. The van der Waals surface area contributed by atoms with Gasteiger partial charge in [0.2, 0.25) is 0 Å². The van der Waals surface area contributed by atoms with E-state index in [0.717, 1.165) is 12.8 Å². The molecule has 162 valence electrons. The van der Waals surface area contributed by atoms with Crippen LogP contribution in [0.4, 0.5) is 0 Å². The fraction of sp³-hybridized carbons (Fsp3) is 0.200. The van der Waals surface area contributed by atoms with Gasteiger partial charge in [-0.05, 0) is 35.1 Å². The van der Waals surface area contributed by atoms with Crippen LogP contribution >= 0.6 is 0 Å². The zero-order valence-electron chi connectivity index (χ0n) is 18.5. The molecule has 0 atom stereocenters. The van der Waals surface area contributed by atoms with Crippen molar-refractivity contribution in [1.29, 1.82) is 0 Å². The Labute approximate surface area is 191 Å². The Morgan fingerprint density at radius 1 is 0.375 bits per heavy atom. The number of rotatable bonds is 9. The monoisotopic (exact) mass is 420 g/mol. The van der Waals surface area contributed by atoms with Crippen LogP contribution in [-0.4, -0.2) is 13.1 Å². The first-order chi connectivity index (χ1) is 15.7. The highest BCUT2D eigenvalue weighted by atomic mass is 14.6. The average molecular weight is 421 g/mol. The quantitative estimate of drug-likeness (QED) is 0.367. The summed E-state index contributed by atoms with van der Waals surface area (Å²) in [5.74, 6) is 0. The molecule has 2 heteroatoms. The third-order valence-electron chi connectivity index (χ3n) is 6.98. The highest BCUT2D eigenvalue weighted by molar-refractivity contribution is 5.43. The van der Waals surface area contributed by atoms with E-state index in [1.165, 1.54) is 22.3 Å². The van der Waals surface area contributed by atoms with Gasteiger partial charge in [-0.1, -0.05) is 121 Å². The van der Waals surface area contributed by atoms with Crippen molar-refractivity contribution >= 4 is 0 Å². The molecule has 0 aromatic heterocycles. The SMILES string of the molecule is NCC(CCC(CN)(c1ccccc1)c1ccccc1)(c1ccccc1)c1ccccc1. The van der Waals surface area contributed by atoms with Crippen molar-refractivity contribution in [2.24, 2.45) is 11.5 Å². The molecule has 0 radical (unpaired) electrons. The third kappa shape index (κ3) is 4.12. The molecule has 0 aliphatic heterocycles. The predicted molar refractivity (Wildman–Crippen MR) is 135 cm³/mol. The van der Waals surface area contributed by atoms with E-state index in [4.69, 9.17) is 11.5 Å². The van der Waals surface area contributed by atoms with Gasteiger partial charge in [0.15, 0.2) is 0 Å². The van der Waals surface area contributed by atoms with E-state index in [-0.39, 0.29) is 10.8 Å². The van der Waals surface area contributed by atoms with Gasteiger partial charge in [0, 0.05) is 23.9 Å². The second-order valence-corrected chi connectivity index (χ2v) is 8.54. The Morgan fingerprint density at radius 3 is 0.781 bits per heavy atom. The summed E-state index contributed by atoms with van der Waals surface area (Å²) in [6.45, 7) is 1.07. The summed E-state index contributed by atoms with van der Waals surface area (Å²) in [6, 6.07) is 42.7. The zero-order chi connectivity index (χ0) is 22.3. The molecule has 4 N–H and O–H groups in total. The maximum absolute atomic E-state index is 6.59. The second-order valence-electron chi connectivity index (χ2n) is 8.54. The minimum Gasteiger partial charge on any atom is -0.329 e. The molecule has 0 aliphatic carbocycles. The van der Waals surface area contributed by atoms with Crippen molar-refractivity contribution in [1.82, 2.24) is 0 Å². The lowest BCUT2D eigenvalue weighted by Crippen LogP contribution is -2.42. The van der Waals surface area contributed by atoms with Crippen LogP contribution in [-0.2, 0) is 10.8 Å². The zero-order valence-corrected chi connectivity index (χ0v) is 18.5. The summed E-state index contributed by atoms with van der Waals surface area (Å²) in [5.41, 5.74) is 17.6. The molecule has 0 aliphatic rings. The molecule has 0 unspecified atom stereocenters. The van der Waals surface area contributed by atoms with Gasteiger partial charge in [-0.15, -0.1) is 0 Å².